The van der Waals surface area contributed by atoms with Crippen molar-refractivity contribution in [3.8, 4) is 0 Å². The van der Waals surface area contributed by atoms with Crippen molar-refractivity contribution in [1.82, 2.24) is 15.5 Å². The molecular formula is C10H17N3O2. The second kappa shape index (κ2) is 4.18. The third-order valence-corrected chi connectivity index (χ3v) is 3.22. The van der Waals surface area contributed by atoms with Gasteiger partial charge in [0.25, 0.3) is 0 Å². The number of hydrogen-bond acceptors (Lipinski definition) is 3. The first-order chi connectivity index (χ1) is 7.18. The van der Waals surface area contributed by atoms with E-state index in [0.29, 0.717) is 12.8 Å². The number of likely N-dealkylation sites (N-methyl/N-ethyl adjacent to an activating group) is 1. The van der Waals surface area contributed by atoms with Crippen molar-refractivity contribution in [2.45, 2.75) is 31.3 Å². The van der Waals surface area contributed by atoms with Crippen LogP contribution in [-0.2, 0) is 9.59 Å². The third kappa shape index (κ3) is 2.12. The molecule has 0 aromatic rings. The van der Waals surface area contributed by atoms with Gasteiger partial charge in [-0.2, -0.15) is 0 Å². The molecule has 2 rings (SSSR count). The van der Waals surface area contributed by atoms with Crippen LogP contribution in [-0.4, -0.2) is 48.9 Å². The standard InChI is InChI=1S/C10H17N3O2/c1-13(7-4-5-11-6-7)10(15)8-2-3-9(14)12-8/h7-8,11H,2-6H2,1H3,(H,12,14)/t7?,8-/m0/s1. The van der Waals surface area contributed by atoms with E-state index in [1.807, 2.05) is 7.05 Å². The molecule has 0 bridgehead atoms. The summed E-state index contributed by atoms with van der Waals surface area (Å²) in [6.45, 7) is 1.84. The van der Waals surface area contributed by atoms with Gasteiger partial charge in [-0.25, -0.2) is 0 Å². The number of nitrogens with zero attached hydrogens (tertiary/aromatic N) is 1. The molecule has 0 aromatic heterocycles. The van der Waals surface area contributed by atoms with Crippen molar-refractivity contribution in [2.75, 3.05) is 20.1 Å². The highest BCUT2D eigenvalue weighted by Gasteiger charge is 2.32. The molecular weight excluding hydrogens is 194 g/mol. The number of carbonyl (C=O) groups excluding carboxylic acids is 2. The van der Waals surface area contributed by atoms with E-state index in [1.54, 1.807) is 4.90 Å². The van der Waals surface area contributed by atoms with Crippen molar-refractivity contribution < 1.29 is 9.59 Å². The molecule has 2 heterocycles. The van der Waals surface area contributed by atoms with Crippen molar-refractivity contribution >= 4 is 11.8 Å². The molecule has 84 valence electrons. The third-order valence-electron chi connectivity index (χ3n) is 3.22. The van der Waals surface area contributed by atoms with Gasteiger partial charge in [0.1, 0.15) is 6.04 Å². The molecule has 1 unspecified atom stereocenters. The number of rotatable bonds is 2. The van der Waals surface area contributed by atoms with Crippen LogP contribution in [0.5, 0.6) is 0 Å². The van der Waals surface area contributed by atoms with Gasteiger partial charge in [0.2, 0.25) is 11.8 Å². The first-order valence-electron chi connectivity index (χ1n) is 5.45. The Bertz CT molecular complexity index is 274. The molecule has 2 atom stereocenters. The first kappa shape index (κ1) is 10.4. The van der Waals surface area contributed by atoms with Crippen LogP contribution in [0.3, 0.4) is 0 Å². The molecule has 5 heteroatoms. The average molecular weight is 211 g/mol. The maximum Gasteiger partial charge on any atom is 0.245 e. The van der Waals surface area contributed by atoms with Crippen molar-refractivity contribution in [3.05, 3.63) is 0 Å². The fourth-order valence-electron chi connectivity index (χ4n) is 2.20. The van der Waals surface area contributed by atoms with Crippen LogP contribution in [0.1, 0.15) is 19.3 Å². The highest BCUT2D eigenvalue weighted by molar-refractivity contribution is 5.90. The Morgan fingerprint density at radius 1 is 1.47 bits per heavy atom. The van der Waals surface area contributed by atoms with Crippen molar-refractivity contribution in [3.63, 3.8) is 0 Å². The van der Waals surface area contributed by atoms with E-state index in [4.69, 9.17) is 0 Å². The van der Waals surface area contributed by atoms with E-state index in [9.17, 15) is 9.59 Å². The lowest BCUT2D eigenvalue weighted by Gasteiger charge is -2.26. The van der Waals surface area contributed by atoms with E-state index >= 15 is 0 Å². The largest absolute Gasteiger partial charge is 0.344 e. The van der Waals surface area contributed by atoms with E-state index in [-0.39, 0.29) is 23.9 Å². The molecule has 2 aliphatic heterocycles. The zero-order chi connectivity index (χ0) is 10.8. The summed E-state index contributed by atoms with van der Waals surface area (Å²) >= 11 is 0. The first-order valence-corrected chi connectivity index (χ1v) is 5.45. The van der Waals surface area contributed by atoms with Gasteiger partial charge in [-0.1, -0.05) is 0 Å². The second-order valence-electron chi connectivity index (χ2n) is 4.25. The molecule has 0 aliphatic carbocycles. The minimum atomic E-state index is -0.289. The Kier molecular flexibility index (Phi) is 2.90. The van der Waals surface area contributed by atoms with Gasteiger partial charge in [-0.3, -0.25) is 9.59 Å². The monoisotopic (exact) mass is 211 g/mol. The Morgan fingerprint density at radius 2 is 2.27 bits per heavy atom. The summed E-state index contributed by atoms with van der Waals surface area (Å²) in [6.07, 6.45) is 2.12. The minimum Gasteiger partial charge on any atom is -0.344 e. The quantitative estimate of drug-likeness (QED) is 0.621. The van der Waals surface area contributed by atoms with Gasteiger partial charge >= 0.3 is 0 Å². The summed E-state index contributed by atoms with van der Waals surface area (Å²) in [6, 6.07) is -0.00176. The van der Waals surface area contributed by atoms with Crippen LogP contribution in [0.2, 0.25) is 0 Å². The van der Waals surface area contributed by atoms with Crippen LogP contribution in [0.4, 0.5) is 0 Å². The molecule has 15 heavy (non-hydrogen) atoms. The molecule has 2 amide bonds. The maximum atomic E-state index is 12.0. The van der Waals surface area contributed by atoms with Gasteiger partial charge in [0.05, 0.1) is 0 Å². The molecule has 0 radical (unpaired) electrons. The molecule has 2 aliphatic rings. The van der Waals surface area contributed by atoms with E-state index < -0.39 is 0 Å². The zero-order valence-electron chi connectivity index (χ0n) is 8.95. The molecule has 0 saturated carbocycles. The van der Waals surface area contributed by atoms with E-state index in [1.165, 1.54) is 0 Å². The molecule has 5 nitrogen and oxygen atoms in total. The SMILES string of the molecule is CN(C(=O)[C@@H]1CCC(=O)N1)C1CCNC1. The molecule has 0 aromatic carbocycles. The van der Waals surface area contributed by atoms with Crippen LogP contribution in [0.15, 0.2) is 0 Å². The average Bonchev–Trinajstić information content (AvgIpc) is 2.85. The lowest BCUT2D eigenvalue weighted by molar-refractivity contribution is -0.134. The summed E-state index contributed by atoms with van der Waals surface area (Å²) in [5.41, 5.74) is 0. The highest BCUT2D eigenvalue weighted by atomic mass is 16.2. The van der Waals surface area contributed by atoms with Crippen LogP contribution < -0.4 is 10.6 Å². The second-order valence-corrected chi connectivity index (χ2v) is 4.25. The fraction of sp³-hybridized carbons (Fsp3) is 0.800. The smallest absolute Gasteiger partial charge is 0.245 e. The Morgan fingerprint density at radius 3 is 2.80 bits per heavy atom. The number of nitrogens with one attached hydrogen (secondary N) is 2. The van der Waals surface area contributed by atoms with Crippen molar-refractivity contribution in [2.24, 2.45) is 0 Å². The maximum absolute atomic E-state index is 12.0. The minimum absolute atomic E-state index is 0.00806. The predicted molar refractivity (Wildman–Crippen MR) is 55.2 cm³/mol. The van der Waals surface area contributed by atoms with Crippen LogP contribution in [0.25, 0.3) is 0 Å². The molecule has 0 spiro atoms. The normalized spacial score (nSPS) is 30.3. The summed E-state index contributed by atoms with van der Waals surface area (Å²) < 4.78 is 0. The number of amides is 2. The van der Waals surface area contributed by atoms with E-state index in [0.717, 1.165) is 19.5 Å². The Labute approximate surface area is 89.2 Å². The molecule has 2 saturated heterocycles. The van der Waals surface area contributed by atoms with Gasteiger partial charge in [-0.15, -0.1) is 0 Å². The summed E-state index contributed by atoms with van der Waals surface area (Å²) in [7, 11) is 1.82. The van der Waals surface area contributed by atoms with Gasteiger partial charge in [0, 0.05) is 26.1 Å². The number of carbonyl (C=O) groups is 2. The zero-order valence-corrected chi connectivity index (χ0v) is 8.95. The summed E-state index contributed by atoms with van der Waals surface area (Å²) in [5, 5.41) is 5.93. The van der Waals surface area contributed by atoms with Gasteiger partial charge in [0.15, 0.2) is 0 Å². The summed E-state index contributed by atoms with van der Waals surface area (Å²) in [4.78, 5) is 24.7. The lowest BCUT2D eigenvalue weighted by Crippen LogP contribution is -2.47. The lowest BCUT2D eigenvalue weighted by atomic mass is 10.1. The number of hydrogen-bond donors (Lipinski definition) is 2. The predicted octanol–water partition coefficient (Wildman–Crippen LogP) is -0.915. The Balaban J connectivity index is 1.91. The topological polar surface area (TPSA) is 61.4 Å². The van der Waals surface area contributed by atoms with Crippen LogP contribution >= 0.6 is 0 Å². The van der Waals surface area contributed by atoms with Gasteiger partial charge in [-0.05, 0) is 19.4 Å². The van der Waals surface area contributed by atoms with Gasteiger partial charge < -0.3 is 15.5 Å². The van der Waals surface area contributed by atoms with E-state index in [2.05, 4.69) is 10.6 Å². The summed E-state index contributed by atoms with van der Waals surface area (Å²) in [5.74, 6) is 0.0425. The highest BCUT2D eigenvalue weighted by Crippen LogP contribution is 2.13. The molecule has 2 fully saturated rings. The molecule has 2 N–H and O–H groups in total. The van der Waals surface area contributed by atoms with Crippen LogP contribution in [0, 0.1) is 0 Å². The Hall–Kier alpha value is -1.10. The van der Waals surface area contributed by atoms with Crippen molar-refractivity contribution in [1.29, 1.82) is 0 Å². The fourth-order valence-corrected chi connectivity index (χ4v) is 2.20.